The van der Waals surface area contributed by atoms with Crippen LogP contribution in [0.1, 0.15) is 5.56 Å². The van der Waals surface area contributed by atoms with E-state index < -0.39 is 10.0 Å². The monoisotopic (exact) mass is 374 g/mol. The third-order valence-corrected chi connectivity index (χ3v) is 4.50. The fourth-order valence-corrected chi connectivity index (χ4v) is 3.00. The molecule has 5 nitrogen and oxygen atoms in total. The van der Waals surface area contributed by atoms with Gasteiger partial charge >= 0.3 is 0 Å². The summed E-state index contributed by atoms with van der Waals surface area (Å²) < 4.78 is 25.2. The van der Waals surface area contributed by atoms with Gasteiger partial charge in [-0.25, -0.2) is 8.42 Å². The molecule has 0 heterocycles. The number of carbonyl (C=O) groups is 1. The van der Waals surface area contributed by atoms with Crippen LogP contribution in [0, 0.1) is 0 Å². The average Bonchev–Trinajstić information content (AvgIpc) is 2.36. The van der Waals surface area contributed by atoms with Crippen LogP contribution in [0.2, 0.25) is 0 Å². The Morgan fingerprint density at radius 1 is 1.48 bits per heavy atom. The first-order chi connectivity index (χ1) is 9.82. The Morgan fingerprint density at radius 2 is 2.19 bits per heavy atom. The third-order valence-electron chi connectivity index (χ3n) is 2.74. The zero-order chi connectivity index (χ0) is 15.9. The molecule has 0 aliphatic heterocycles. The molecular formula is C14H19BrN2O3S. The Kier molecular flexibility index (Phi) is 7.07. The van der Waals surface area contributed by atoms with Gasteiger partial charge in [-0.05, 0) is 17.7 Å². The van der Waals surface area contributed by atoms with Crippen LogP contribution in [0.15, 0.2) is 41.4 Å². The molecule has 1 aromatic carbocycles. The van der Waals surface area contributed by atoms with Crippen molar-refractivity contribution in [3.63, 3.8) is 0 Å². The van der Waals surface area contributed by atoms with Crippen LogP contribution in [0.5, 0.6) is 0 Å². The predicted molar refractivity (Wildman–Crippen MR) is 87.5 cm³/mol. The summed E-state index contributed by atoms with van der Waals surface area (Å²) in [7, 11) is -3.28. The van der Waals surface area contributed by atoms with Crippen molar-refractivity contribution in [2.45, 2.75) is 6.42 Å². The molecule has 0 aliphatic carbocycles. The summed E-state index contributed by atoms with van der Waals surface area (Å²) in [5, 5.41) is 2.72. The Morgan fingerprint density at radius 3 is 2.76 bits per heavy atom. The molecule has 0 bridgehead atoms. The van der Waals surface area contributed by atoms with Gasteiger partial charge in [0.05, 0.1) is 12.7 Å². The highest BCUT2D eigenvalue weighted by atomic mass is 79.9. The van der Waals surface area contributed by atoms with E-state index in [1.165, 1.54) is 10.4 Å². The number of hydrogen-bond donors (Lipinski definition) is 1. The highest BCUT2D eigenvalue weighted by Crippen LogP contribution is 2.11. The van der Waals surface area contributed by atoms with Crippen molar-refractivity contribution in [2.24, 2.45) is 0 Å². The molecule has 1 N–H and O–H groups in total. The van der Waals surface area contributed by atoms with Gasteiger partial charge in [0.2, 0.25) is 15.9 Å². The van der Waals surface area contributed by atoms with E-state index in [9.17, 15) is 13.2 Å². The minimum Gasteiger partial charge on any atom is -0.354 e. The highest BCUT2D eigenvalue weighted by Gasteiger charge is 2.14. The number of sulfonamides is 1. The van der Waals surface area contributed by atoms with Crippen LogP contribution in [0.3, 0.4) is 0 Å². The van der Waals surface area contributed by atoms with Gasteiger partial charge in [0.25, 0.3) is 0 Å². The lowest BCUT2D eigenvalue weighted by Crippen LogP contribution is -2.38. The lowest BCUT2D eigenvalue weighted by molar-refractivity contribution is -0.120. The molecule has 0 aromatic heterocycles. The summed E-state index contributed by atoms with van der Waals surface area (Å²) in [6.45, 7) is 4.26. The molecular weight excluding hydrogens is 356 g/mol. The summed E-state index contributed by atoms with van der Waals surface area (Å²) in [5.74, 6) is -0.139. The number of halogens is 1. The molecule has 0 saturated carbocycles. The molecule has 0 saturated heterocycles. The Bertz CT molecular complexity index is 602. The average molecular weight is 375 g/mol. The second-order valence-electron chi connectivity index (χ2n) is 4.57. The van der Waals surface area contributed by atoms with E-state index in [4.69, 9.17) is 0 Å². The molecule has 0 spiro atoms. The summed E-state index contributed by atoms with van der Waals surface area (Å²) in [6.07, 6.45) is 2.92. The van der Waals surface area contributed by atoms with E-state index in [1.807, 2.05) is 24.3 Å². The van der Waals surface area contributed by atoms with Crippen molar-refractivity contribution >= 4 is 31.9 Å². The van der Waals surface area contributed by atoms with Gasteiger partial charge < -0.3 is 5.32 Å². The van der Waals surface area contributed by atoms with Crippen molar-refractivity contribution in [3.8, 4) is 0 Å². The van der Waals surface area contributed by atoms with Gasteiger partial charge in [-0.2, -0.15) is 4.31 Å². The van der Waals surface area contributed by atoms with Crippen LogP contribution in [0.4, 0.5) is 0 Å². The second kappa shape index (κ2) is 8.31. The van der Waals surface area contributed by atoms with Gasteiger partial charge in [-0.1, -0.05) is 34.1 Å². The fourth-order valence-electron chi connectivity index (χ4n) is 1.75. The number of amides is 1. The second-order valence-corrected chi connectivity index (χ2v) is 7.46. The van der Waals surface area contributed by atoms with Crippen molar-refractivity contribution < 1.29 is 13.2 Å². The predicted octanol–water partition coefficient (Wildman–Crippen LogP) is 1.56. The molecule has 1 amide bonds. The number of rotatable bonds is 8. The Balaban J connectivity index is 2.44. The van der Waals surface area contributed by atoms with E-state index in [0.717, 1.165) is 16.3 Å². The first-order valence-corrected chi connectivity index (χ1v) is 9.04. The maximum absolute atomic E-state index is 11.8. The molecule has 21 heavy (non-hydrogen) atoms. The molecule has 116 valence electrons. The molecule has 0 radical (unpaired) electrons. The summed E-state index contributed by atoms with van der Waals surface area (Å²) in [4.78, 5) is 11.8. The molecule has 0 unspecified atom stereocenters. The standard InChI is InChI=1S/C14H19BrN2O3S/c1-3-8-17(21(2,19)20)9-7-16-14(18)11-12-5-4-6-13(15)10-12/h3-6,10H,1,7-9,11H2,2H3,(H,16,18). The highest BCUT2D eigenvalue weighted by molar-refractivity contribution is 9.10. The zero-order valence-corrected chi connectivity index (χ0v) is 14.3. The van der Waals surface area contributed by atoms with Gasteiger partial charge in [0.1, 0.15) is 0 Å². The SMILES string of the molecule is C=CCN(CCNC(=O)Cc1cccc(Br)c1)S(C)(=O)=O. The fraction of sp³-hybridized carbons (Fsp3) is 0.357. The lowest BCUT2D eigenvalue weighted by Gasteiger charge is -2.18. The number of hydrogen-bond acceptors (Lipinski definition) is 3. The molecule has 1 aromatic rings. The van der Waals surface area contributed by atoms with Crippen LogP contribution in [-0.2, 0) is 21.2 Å². The first-order valence-electron chi connectivity index (χ1n) is 6.40. The maximum Gasteiger partial charge on any atom is 0.224 e. The summed E-state index contributed by atoms with van der Waals surface area (Å²) >= 11 is 3.35. The normalized spacial score (nSPS) is 11.4. The topological polar surface area (TPSA) is 66.5 Å². The van der Waals surface area contributed by atoms with Gasteiger partial charge in [-0.15, -0.1) is 6.58 Å². The summed E-state index contributed by atoms with van der Waals surface area (Å²) in [5.41, 5.74) is 0.896. The van der Waals surface area contributed by atoms with Crippen molar-refractivity contribution in [1.82, 2.24) is 9.62 Å². The third kappa shape index (κ3) is 6.88. The zero-order valence-electron chi connectivity index (χ0n) is 11.9. The van der Waals surface area contributed by atoms with Crippen LogP contribution >= 0.6 is 15.9 Å². The Hall–Kier alpha value is -1.18. The molecule has 1 rings (SSSR count). The number of nitrogens with zero attached hydrogens (tertiary/aromatic N) is 1. The van der Waals surface area contributed by atoms with Crippen LogP contribution in [-0.4, -0.2) is 44.5 Å². The van der Waals surface area contributed by atoms with Crippen molar-refractivity contribution in [1.29, 1.82) is 0 Å². The van der Waals surface area contributed by atoms with E-state index in [2.05, 4.69) is 27.8 Å². The van der Waals surface area contributed by atoms with Gasteiger partial charge in [0, 0.05) is 24.1 Å². The van der Waals surface area contributed by atoms with E-state index in [1.54, 1.807) is 0 Å². The Labute approximate surface area is 134 Å². The maximum atomic E-state index is 11.8. The lowest BCUT2D eigenvalue weighted by atomic mass is 10.1. The van der Waals surface area contributed by atoms with E-state index in [0.29, 0.717) is 0 Å². The number of benzene rings is 1. The van der Waals surface area contributed by atoms with Crippen molar-refractivity contribution in [2.75, 3.05) is 25.9 Å². The smallest absolute Gasteiger partial charge is 0.224 e. The quantitative estimate of drug-likeness (QED) is 0.702. The first kappa shape index (κ1) is 17.9. The largest absolute Gasteiger partial charge is 0.354 e. The van der Waals surface area contributed by atoms with E-state index >= 15 is 0 Å². The molecule has 7 heteroatoms. The van der Waals surface area contributed by atoms with Gasteiger partial charge in [0.15, 0.2) is 0 Å². The minimum absolute atomic E-state index is 0.139. The molecule has 0 aliphatic rings. The van der Waals surface area contributed by atoms with Gasteiger partial charge in [-0.3, -0.25) is 4.79 Å². The minimum atomic E-state index is -3.28. The van der Waals surface area contributed by atoms with E-state index in [-0.39, 0.29) is 32.0 Å². The summed E-state index contributed by atoms with van der Waals surface area (Å²) in [6, 6.07) is 7.49. The number of carbonyl (C=O) groups excluding carboxylic acids is 1. The number of nitrogens with one attached hydrogen (secondary N) is 1. The van der Waals surface area contributed by atoms with Crippen molar-refractivity contribution in [3.05, 3.63) is 47.0 Å². The van der Waals surface area contributed by atoms with Crippen LogP contribution < -0.4 is 5.32 Å². The van der Waals surface area contributed by atoms with Crippen LogP contribution in [0.25, 0.3) is 0 Å². The molecule has 0 atom stereocenters. The molecule has 0 fully saturated rings.